The van der Waals surface area contributed by atoms with Crippen LogP contribution in [0.15, 0.2) is 109 Å². The van der Waals surface area contributed by atoms with Crippen LogP contribution in [0.5, 0.6) is 0 Å². The van der Waals surface area contributed by atoms with Crippen LogP contribution in [0.2, 0.25) is 0 Å². The van der Waals surface area contributed by atoms with E-state index in [0.29, 0.717) is 12.8 Å². The van der Waals surface area contributed by atoms with E-state index >= 15 is 0 Å². The molecule has 8 heteroatoms. The molecule has 0 N–H and O–H groups in total. The van der Waals surface area contributed by atoms with Crippen molar-refractivity contribution in [2.24, 2.45) is 0 Å². The number of quaternary nitrogens is 1. The van der Waals surface area contributed by atoms with E-state index < -0.39 is 18.1 Å². The predicted octanol–water partition coefficient (Wildman–Crippen LogP) is 9.57. The SMILES string of the molecule is CC/C=C/C=C/C=C/C=C/CCCCCC(=O)OC(COCCC(C(=O)[O-])[N+](C)(C)C)COC(=O)CCCCCCC/C=C/C=C/C=C/C=C/C=C/CCC. The van der Waals surface area contributed by atoms with Crippen molar-refractivity contribution < 1.29 is 38.2 Å². The molecule has 8 nitrogen and oxygen atoms in total. The molecule has 0 saturated carbocycles. The lowest BCUT2D eigenvalue weighted by Gasteiger charge is -2.34. The van der Waals surface area contributed by atoms with E-state index in [1.54, 1.807) is 21.1 Å². The number of hydrogen-bond acceptors (Lipinski definition) is 7. The lowest BCUT2D eigenvalue weighted by molar-refractivity contribution is -0.889. The first-order valence-electron chi connectivity index (χ1n) is 20.5. The first kappa shape index (κ1) is 51.0. The van der Waals surface area contributed by atoms with Crippen molar-refractivity contribution in [3.63, 3.8) is 0 Å². The number of nitrogens with zero attached hydrogens (tertiary/aromatic N) is 1. The minimum Gasteiger partial charge on any atom is -0.544 e. The summed E-state index contributed by atoms with van der Waals surface area (Å²) >= 11 is 0. The van der Waals surface area contributed by atoms with Crippen molar-refractivity contribution in [1.82, 2.24) is 0 Å². The summed E-state index contributed by atoms with van der Waals surface area (Å²) in [5.74, 6) is -1.84. The van der Waals surface area contributed by atoms with Gasteiger partial charge in [-0.05, 0) is 51.4 Å². The minimum atomic E-state index is -1.14. The molecule has 0 amide bonds. The number of carboxylic acids is 1. The number of ether oxygens (including phenoxy) is 3. The topological polar surface area (TPSA) is 102 Å². The van der Waals surface area contributed by atoms with Gasteiger partial charge >= 0.3 is 11.9 Å². The van der Waals surface area contributed by atoms with Crippen molar-refractivity contribution in [1.29, 1.82) is 0 Å². The number of rotatable bonds is 34. The molecule has 2 atom stereocenters. The summed E-state index contributed by atoms with van der Waals surface area (Å²) in [5.41, 5.74) is 0. The van der Waals surface area contributed by atoms with Gasteiger partial charge in [-0.25, -0.2) is 0 Å². The molecular weight excluding hydrogens is 691 g/mol. The summed E-state index contributed by atoms with van der Waals surface area (Å²) in [4.78, 5) is 36.8. The molecule has 2 unspecified atom stereocenters. The largest absolute Gasteiger partial charge is 0.544 e. The summed E-state index contributed by atoms with van der Waals surface area (Å²) < 4.78 is 17.0. The van der Waals surface area contributed by atoms with E-state index in [9.17, 15) is 19.5 Å². The van der Waals surface area contributed by atoms with Gasteiger partial charge in [-0.1, -0.05) is 155 Å². The second-order valence-corrected chi connectivity index (χ2v) is 14.3. The summed E-state index contributed by atoms with van der Waals surface area (Å²) in [6.07, 6.45) is 49.7. The van der Waals surface area contributed by atoms with Crippen molar-refractivity contribution in [2.45, 2.75) is 129 Å². The summed E-state index contributed by atoms with van der Waals surface area (Å²) in [6.45, 7) is 4.32. The number of unbranched alkanes of at least 4 members (excludes halogenated alkanes) is 9. The fraction of sp³-hybridized carbons (Fsp3) is 0.553. The first-order chi connectivity index (χ1) is 26.6. The van der Waals surface area contributed by atoms with Gasteiger partial charge in [-0.2, -0.15) is 0 Å². The summed E-state index contributed by atoms with van der Waals surface area (Å²) in [5, 5.41) is 11.6. The normalized spacial score (nSPS) is 14.1. The molecule has 0 aliphatic carbocycles. The maximum atomic E-state index is 12.7. The van der Waals surface area contributed by atoms with Gasteiger partial charge in [0.1, 0.15) is 12.6 Å². The maximum absolute atomic E-state index is 12.7. The third-order valence-electron chi connectivity index (χ3n) is 8.35. The average Bonchev–Trinajstić information content (AvgIpc) is 3.14. The van der Waals surface area contributed by atoms with E-state index in [1.165, 1.54) is 6.42 Å². The maximum Gasteiger partial charge on any atom is 0.306 e. The molecule has 0 rings (SSSR count). The molecule has 0 aromatic carbocycles. The summed E-state index contributed by atoms with van der Waals surface area (Å²) in [7, 11) is 5.36. The monoisotopic (exact) mass is 764 g/mol. The van der Waals surface area contributed by atoms with Crippen molar-refractivity contribution in [3.8, 4) is 0 Å². The van der Waals surface area contributed by atoms with Crippen molar-refractivity contribution >= 4 is 17.9 Å². The third kappa shape index (κ3) is 35.4. The van der Waals surface area contributed by atoms with E-state index in [1.807, 2.05) is 72.9 Å². The van der Waals surface area contributed by atoms with Gasteiger partial charge in [0.15, 0.2) is 6.10 Å². The van der Waals surface area contributed by atoms with Gasteiger partial charge in [-0.15, -0.1) is 0 Å². The zero-order valence-corrected chi connectivity index (χ0v) is 34.8. The van der Waals surface area contributed by atoms with Gasteiger partial charge in [0.2, 0.25) is 0 Å². The van der Waals surface area contributed by atoms with Crippen molar-refractivity contribution in [2.75, 3.05) is 41.0 Å². The summed E-state index contributed by atoms with van der Waals surface area (Å²) in [6, 6.07) is -0.744. The number of aliphatic carboxylic acids is 1. The predicted molar refractivity (Wildman–Crippen MR) is 226 cm³/mol. The molecule has 0 fully saturated rings. The highest BCUT2D eigenvalue weighted by atomic mass is 16.6. The van der Waals surface area contributed by atoms with E-state index in [-0.39, 0.29) is 49.1 Å². The molecule has 0 radical (unpaired) electrons. The van der Waals surface area contributed by atoms with Crippen LogP contribution >= 0.6 is 0 Å². The molecule has 0 aromatic heterocycles. The number of esters is 2. The van der Waals surface area contributed by atoms with Crippen LogP contribution in [0.1, 0.15) is 117 Å². The number of likely N-dealkylation sites (N-methyl/N-ethyl adjacent to an activating group) is 1. The fourth-order valence-corrected chi connectivity index (χ4v) is 5.17. The van der Waals surface area contributed by atoms with Crippen LogP contribution in [0.4, 0.5) is 0 Å². The lowest BCUT2D eigenvalue weighted by atomic mass is 10.1. The Morgan fingerprint density at radius 3 is 1.53 bits per heavy atom. The van der Waals surface area contributed by atoms with Gasteiger partial charge in [0, 0.05) is 19.3 Å². The van der Waals surface area contributed by atoms with E-state index in [0.717, 1.165) is 70.6 Å². The Labute approximate surface area is 334 Å². The highest BCUT2D eigenvalue weighted by molar-refractivity contribution is 5.70. The zero-order valence-electron chi connectivity index (χ0n) is 34.8. The molecule has 55 heavy (non-hydrogen) atoms. The Morgan fingerprint density at radius 2 is 1.02 bits per heavy atom. The molecular formula is C47H73NO7. The zero-order chi connectivity index (χ0) is 40.7. The van der Waals surface area contributed by atoms with Crippen LogP contribution in [0.25, 0.3) is 0 Å². The van der Waals surface area contributed by atoms with Crippen LogP contribution in [-0.4, -0.2) is 75.5 Å². The number of carbonyl (C=O) groups excluding carboxylic acids is 3. The quantitative estimate of drug-likeness (QED) is 0.0279. The van der Waals surface area contributed by atoms with Crippen LogP contribution in [0.3, 0.4) is 0 Å². The van der Waals surface area contributed by atoms with Gasteiger partial charge in [-0.3, -0.25) is 9.59 Å². The van der Waals surface area contributed by atoms with Crippen LogP contribution in [0, 0.1) is 0 Å². The highest BCUT2D eigenvalue weighted by Crippen LogP contribution is 2.11. The highest BCUT2D eigenvalue weighted by Gasteiger charge is 2.25. The van der Waals surface area contributed by atoms with Crippen LogP contribution in [-0.2, 0) is 28.6 Å². The van der Waals surface area contributed by atoms with Gasteiger partial charge in [0.25, 0.3) is 0 Å². The Kier molecular flexibility index (Phi) is 34.2. The van der Waals surface area contributed by atoms with Crippen molar-refractivity contribution in [3.05, 3.63) is 109 Å². The Hall–Kier alpha value is -4.01. The average molecular weight is 764 g/mol. The minimum absolute atomic E-state index is 0.00755. The lowest BCUT2D eigenvalue weighted by Crippen LogP contribution is -2.55. The second kappa shape index (κ2) is 36.9. The van der Waals surface area contributed by atoms with E-state index in [4.69, 9.17) is 14.2 Å². The molecule has 308 valence electrons. The standard InChI is InChI=1S/C47H73NO7/c1-6-8-10-12-14-16-18-20-21-22-23-24-26-27-29-31-33-35-37-45(49)54-42-43(41-53-40-39-44(47(51)52)48(3,4)5)55-46(50)38-36-34-32-30-28-25-19-17-15-13-11-9-7-2/h9-25,28,43-44H,6-8,26-27,29-42H2,1-5H3/b11-9+,12-10+,15-13+,16-14+,19-17+,20-18+,22-21+,24-23+,28-25+. The molecule has 0 aromatic rings. The van der Waals surface area contributed by atoms with Crippen LogP contribution < -0.4 is 5.11 Å². The molecule has 0 spiro atoms. The first-order valence-corrected chi connectivity index (χ1v) is 20.5. The third-order valence-corrected chi connectivity index (χ3v) is 8.35. The molecule has 0 aliphatic rings. The number of allylic oxidation sites excluding steroid dienone is 18. The molecule has 0 aliphatic heterocycles. The van der Waals surface area contributed by atoms with Gasteiger partial charge < -0.3 is 28.6 Å². The number of carboxylic acid groups (broad SMARTS) is 1. The molecule has 0 saturated heterocycles. The Bertz CT molecular complexity index is 1260. The Morgan fingerprint density at radius 1 is 0.564 bits per heavy atom. The second-order valence-electron chi connectivity index (χ2n) is 14.3. The number of carbonyl (C=O) groups is 3. The molecule has 0 bridgehead atoms. The smallest absolute Gasteiger partial charge is 0.306 e. The van der Waals surface area contributed by atoms with Gasteiger partial charge in [0.05, 0.1) is 40.3 Å². The Balaban J connectivity index is 4.52. The number of hydrogen-bond donors (Lipinski definition) is 0. The fourth-order valence-electron chi connectivity index (χ4n) is 5.17. The van der Waals surface area contributed by atoms with E-state index in [2.05, 4.69) is 50.3 Å². The molecule has 0 heterocycles.